The number of hydrogen-bond acceptors (Lipinski definition) is 31. The van der Waals surface area contributed by atoms with Crippen molar-refractivity contribution in [3.8, 4) is 0 Å². The highest BCUT2D eigenvalue weighted by molar-refractivity contribution is 5.73. The monoisotopic (exact) mass is 1070 g/mol. The molecule has 33 nitrogen and oxygen atoms in total. The second kappa shape index (κ2) is 26.0. The molecule has 0 unspecified atom stereocenters. The quantitative estimate of drug-likeness (QED) is 0.0606. The van der Waals surface area contributed by atoms with Crippen molar-refractivity contribution in [2.24, 2.45) is 0 Å². The van der Waals surface area contributed by atoms with Crippen molar-refractivity contribution >= 4 is 11.8 Å². The Morgan fingerprint density at radius 2 is 0.658 bits per heavy atom. The highest BCUT2D eigenvalue weighted by atomic mass is 16.8. The van der Waals surface area contributed by atoms with E-state index in [4.69, 9.17) is 52.1 Å². The lowest BCUT2D eigenvalue weighted by Crippen LogP contribution is -2.71. The maximum atomic E-state index is 12.7. The van der Waals surface area contributed by atoms with Crippen LogP contribution in [0.25, 0.3) is 0 Å². The average molecular weight is 1070 g/mol. The molecule has 0 aromatic heterocycles. The smallest absolute Gasteiger partial charge is 0.217 e. The molecule has 0 saturated carbocycles. The normalized spacial score (nSPS) is 49.8. The van der Waals surface area contributed by atoms with Crippen LogP contribution >= 0.6 is 0 Å². The van der Waals surface area contributed by atoms with Crippen molar-refractivity contribution in [3.63, 3.8) is 0 Å². The van der Waals surface area contributed by atoms with Crippen molar-refractivity contribution in [1.82, 2.24) is 10.6 Å². The highest BCUT2D eigenvalue weighted by Crippen LogP contribution is 2.37. The first kappa shape index (κ1) is 60.0. The number of amides is 2. The highest BCUT2D eigenvalue weighted by Gasteiger charge is 2.58. The number of carbonyl (C=O) groups is 2. The van der Waals surface area contributed by atoms with Crippen molar-refractivity contribution in [1.29, 1.82) is 0 Å². The third-order valence-electron chi connectivity index (χ3n) is 13.2. The largest absolute Gasteiger partial charge is 0.394 e. The summed E-state index contributed by atoms with van der Waals surface area (Å²) in [5.74, 6) is -1.70. The summed E-state index contributed by atoms with van der Waals surface area (Å²) < 4.78 is 62.6. The summed E-state index contributed by atoms with van der Waals surface area (Å²) in [6.07, 6.45) is -53.0. The maximum Gasteiger partial charge on any atom is 0.217 e. The van der Waals surface area contributed by atoms with Crippen LogP contribution in [0.1, 0.15) is 13.8 Å². The summed E-state index contributed by atoms with van der Waals surface area (Å²) in [5, 5.41) is 196. The summed E-state index contributed by atoms with van der Waals surface area (Å²) in [5.41, 5.74) is 0. The van der Waals surface area contributed by atoms with Crippen LogP contribution in [0.15, 0.2) is 0 Å². The third kappa shape index (κ3) is 12.9. The van der Waals surface area contributed by atoms with Crippen molar-refractivity contribution in [3.05, 3.63) is 0 Å². The second-order valence-electron chi connectivity index (χ2n) is 18.2. The number of hydrogen-bond donors (Lipinski definition) is 20. The van der Waals surface area contributed by atoms with E-state index in [0.29, 0.717) is 0 Å². The maximum absolute atomic E-state index is 12.7. The first-order valence-corrected chi connectivity index (χ1v) is 23.1. The van der Waals surface area contributed by atoms with Crippen LogP contribution in [-0.2, 0) is 61.7 Å². The van der Waals surface area contributed by atoms with Gasteiger partial charge in [-0.3, -0.25) is 9.59 Å². The van der Waals surface area contributed by atoms with E-state index in [1.165, 1.54) is 0 Å². The summed E-state index contributed by atoms with van der Waals surface area (Å²) in [6, 6.07) is -3.52. The Bertz CT molecular complexity index is 1740. The lowest BCUT2D eigenvalue weighted by atomic mass is 9.93. The standard InChI is InChI=1S/C40H68N2O31/c1-9(49)41-17-22(54)30(70-38-27(59)23(55)19(51)11(3-43)65-38)15(7-47)67-36(17)73-34-21(53)13(5-45)66-40(29(34)61)72-33-18(42-10(2)50)37(64-12(4-44)20(33)52)69-32-16(8-48)68-39(28(60)25(32)57)71-31-14(6-46)63-35(62)26(58)24(31)56/h11-40,43-48,51-62H,3-8H2,1-2H3,(H,41,49)(H,42,50)/t11-,12-,13-,14-,15-,16-,17-,18-,19+,20+,21+,22-,23+,24-,25-,26-,27-,28-,29-,30-,31-,32+,33-,34+,35-,36+,37+,38+,39+,40+/m1/s1. The van der Waals surface area contributed by atoms with Gasteiger partial charge in [0.25, 0.3) is 0 Å². The molecular weight excluding hydrogens is 1000 g/mol. The van der Waals surface area contributed by atoms with Gasteiger partial charge in [-0.1, -0.05) is 0 Å². The SMILES string of the molecule is CC(=O)N[C@H]1[C@H](O[C@H]2[C@@H](O)[C@@H](CO)O[C@@H](O[C@H]3[C@@H](O)[C@@H](CO)O[C@@H](O[C@@H]4[C@H](O)[C@@H](O)[C@H](O[C@H]5[C@H](O)[C@@H](O)[C@H](O)O[C@@H]5CO)O[C@@H]4CO)[C@@H]3NC(C)=O)[C@@H]2O)O[C@H](CO)[C@@H](O[C@@H]2O[C@H](CO)[C@H](O)[C@H](O)[C@H]2O)[C@@H]1O. The number of carbonyl (C=O) groups excluding carboxylic acids is 2. The van der Waals surface area contributed by atoms with Gasteiger partial charge in [0.15, 0.2) is 37.7 Å². The summed E-state index contributed by atoms with van der Waals surface area (Å²) in [4.78, 5) is 25.2. The number of aliphatic hydroxyl groups is 18. The number of rotatable bonds is 18. The van der Waals surface area contributed by atoms with Gasteiger partial charge in [-0.2, -0.15) is 0 Å². The van der Waals surface area contributed by atoms with E-state index < -0.39 is 236 Å². The molecule has 424 valence electrons. The van der Waals surface area contributed by atoms with Gasteiger partial charge < -0.3 is 155 Å². The second-order valence-corrected chi connectivity index (χ2v) is 18.2. The van der Waals surface area contributed by atoms with E-state index in [0.717, 1.165) is 13.8 Å². The van der Waals surface area contributed by atoms with E-state index in [2.05, 4.69) is 10.6 Å². The molecule has 6 heterocycles. The Balaban J connectivity index is 1.22. The molecule has 73 heavy (non-hydrogen) atoms. The Morgan fingerprint density at radius 3 is 1.16 bits per heavy atom. The molecular formula is C40H68N2O31. The Morgan fingerprint density at radius 1 is 0.329 bits per heavy atom. The van der Waals surface area contributed by atoms with Crippen LogP contribution in [0.2, 0.25) is 0 Å². The van der Waals surface area contributed by atoms with E-state index in [9.17, 15) is 102 Å². The first-order valence-electron chi connectivity index (χ1n) is 23.1. The van der Waals surface area contributed by atoms with Crippen LogP contribution in [-0.4, -0.2) is 327 Å². The van der Waals surface area contributed by atoms with E-state index in [-0.39, 0.29) is 0 Å². The van der Waals surface area contributed by atoms with Crippen molar-refractivity contribution in [2.45, 2.75) is 198 Å². The lowest BCUT2D eigenvalue weighted by molar-refractivity contribution is -0.385. The molecule has 0 aliphatic carbocycles. The molecule has 0 aromatic carbocycles. The molecule has 0 radical (unpaired) electrons. The zero-order valence-electron chi connectivity index (χ0n) is 38.9. The van der Waals surface area contributed by atoms with Gasteiger partial charge in [0, 0.05) is 13.8 Å². The number of ether oxygens (including phenoxy) is 11. The number of aliphatic hydroxyl groups excluding tert-OH is 18. The van der Waals surface area contributed by atoms with Gasteiger partial charge in [0.2, 0.25) is 11.8 Å². The zero-order chi connectivity index (χ0) is 53.9. The van der Waals surface area contributed by atoms with Crippen LogP contribution in [0.4, 0.5) is 0 Å². The van der Waals surface area contributed by atoms with E-state index >= 15 is 0 Å². The molecule has 30 atom stereocenters. The summed E-state index contributed by atoms with van der Waals surface area (Å²) >= 11 is 0. The van der Waals surface area contributed by atoms with Crippen LogP contribution in [0, 0.1) is 0 Å². The molecule has 33 heteroatoms. The Hall–Kier alpha value is -2.22. The Labute approximate surface area is 413 Å². The van der Waals surface area contributed by atoms with Gasteiger partial charge in [-0.25, -0.2) is 0 Å². The summed E-state index contributed by atoms with van der Waals surface area (Å²) in [6.45, 7) is -3.81. The van der Waals surface area contributed by atoms with Crippen molar-refractivity contribution < 1.29 is 154 Å². The van der Waals surface area contributed by atoms with Crippen LogP contribution < -0.4 is 10.6 Å². The topological polar surface area (TPSA) is 524 Å². The number of nitrogens with one attached hydrogen (secondary N) is 2. The van der Waals surface area contributed by atoms with Gasteiger partial charge in [0.1, 0.15) is 146 Å². The fourth-order valence-corrected chi connectivity index (χ4v) is 9.32. The average Bonchev–Trinajstić information content (AvgIpc) is 3.36. The van der Waals surface area contributed by atoms with Gasteiger partial charge >= 0.3 is 0 Å². The van der Waals surface area contributed by atoms with E-state index in [1.54, 1.807) is 0 Å². The van der Waals surface area contributed by atoms with Gasteiger partial charge in [-0.15, -0.1) is 0 Å². The predicted molar refractivity (Wildman–Crippen MR) is 222 cm³/mol. The van der Waals surface area contributed by atoms with Crippen molar-refractivity contribution in [2.75, 3.05) is 39.6 Å². The summed E-state index contributed by atoms with van der Waals surface area (Å²) in [7, 11) is 0. The fourth-order valence-electron chi connectivity index (χ4n) is 9.32. The Kier molecular flexibility index (Phi) is 21.3. The minimum absolute atomic E-state index is 0.835. The zero-order valence-corrected chi connectivity index (χ0v) is 38.9. The fraction of sp³-hybridized carbons (Fsp3) is 0.950. The molecule has 0 spiro atoms. The van der Waals surface area contributed by atoms with Gasteiger partial charge in [-0.05, 0) is 0 Å². The molecule has 0 aromatic rings. The molecule has 20 N–H and O–H groups in total. The molecule has 6 fully saturated rings. The minimum atomic E-state index is -2.24. The molecule has 6 rings (SSSR count). The first-order chi connectivity index (χ1) is 34.5. The minimum Gasteiger partial charge on any atom is -0.394 e. The van der Waals surface area contributed by atoms with Crippen LogP contribution in [0.5, 0.6) is 0 Å². The predicted octanol–water partition coefficient (Wildman–Crippen LogP) is -13.8. The van der Waals surface area contributed by atoms with Crippen LogP contribution in [0.3, 0.4) is 0 Å². The molecule has 6 aliphatic rings. The molecule has 6 saturated heterocycles. The van der Waals surface area contributed by atoms with Gasteiger partial charge in [0.05, 0.1) is 39.6 Å². The third-order valence-corrected chi connectivity index (χ3v) is 13.2. The lowest BCUT2D eigenvalue weighted by Gasteiger charge is -2.51. The molecule has 2 amide bonds. The molecule has 6 aliphatic heterocycles. The molecule has 0 bridgehead atoms. The van der Waals surface area contributed by atoms with E-state index in [1.807, 2.05) is 0 Å².